The molecule has 0 aromatic carbocycles. The van der Waals surface area contributed by atoms with Gasteiger partial charge in [0.25, 0.3) is 0 Å². The molecule has 6 nitrogen and oxygen atoms in total. The predicted molar refractivity (Wildman–Crippen MR) is 77.4 cm³/mol. The number of ether oxygens (including phenoxy) is 1. The number of rotatable bonds is 11. The van der Waals surface area contributed by atoms with Crippen molar-refractivity contribution in [2.24, 2.45) is 5.92 Å². The van der Waals surface area contributed by atoms with Crippen LogP contribution in [-0.2, 0) is 11.3 Å². The lowest BCUT2D eigenvalue weighted by Gasteiger charge is -2.07. The Hall–Kier alpha value is -0.660. The summed E-state index contributed by atoms with van der Waals surface area (Å²) in [5.74, 6) is 1.47. The molecule has 1 heterocycles. The van der Waals surface area contributed by atoms with Crippen molar-refractivity contribution in [1.29, 1.82) is 0 Å². The third kappa shape index (κ3) is 7.49. The van der Waals surface area contributed by atoms with Crippen molar-refractivity contribution >= 4 is 11.8 Å². The maximum Gasteiger partial charge on any atom is 0.209 e. The summed E-state index contributed by atoms with van der Waals surface area (Å²) in [6.45, 7) is 10.7. The quantitative estimate of drug-likeness (QED) is 0.491. The third-order valence-corrected chi connectivity index (χ3v) is 3.26. The van der Waals surface area contributed by atoms with Crippen LogP contribution in [0.5, 0.6) is 0 Å². The fourth-order valence-corrected chi connectivity index (χ4v) is 2.19. The zero-order valence-corrected chi connectivity index (χ0v) is 12.9. The smallest absolute Gasteiger partial charge is 0.209 e. The number of tetrazole rings is 1. The SMILES string of the molecule is CCCNCCn1nnnc1SCCOCC(C)C. The van der Waals surface area contributed by atoms with E-state index in [2.05, 4.69) is 41.6 Å². The van der Waals surface area contributed by atoms with E-state index in [1.165, 1.54) is 0 Å². The van der Waals surface area contributed by atoms with Crippen LogP contribution >= 0.6 is 11.8 Å². The van der Waals surface area contributed by atoms with Crippen LogP contribution in [0.4, 0.5) is 0 Å². The van der Waals surface area contributed by atoms with Crippen LogP contribution in [-0.4, -0.2) is 52.3 Å². The Labute approximate surface area is 119 Å². The van der Waals surface area contributed by atoms with Gasteiger partial charge in [-0.2, -0.15) is 0 Å². The van der Waals surface area contributed by atoms with Gasteiger partial charge in [-0.1, -0.05) is 32.5 Å². The van der Waals surface area contributed by atoms with Crippen molar-refractivity contribution in [2.45, 2.75) is 38.9 Å². The van der Waals surface area contributed by atoms with E-state index in [1.54, 1.807) is 11.8 Å². The zero-order chi connectivity index (χ0) is 13.9. The van der Waals surface area contributed by atoms with Crippen LogP contribution in [0.3, 0.4) is 0 Å². The molecular formula is C12H25N5OS. The van der Waals surface area contributed by atoms with E-state index in [-0.39, 0.29) is 0 Å². The van der Waals surface area contributed by atoms with E-state index >= 15 is 0 Å². The first-order valence-electron chi connectivity index (χ1n) is 6.91. The molecule has 19 heavy (non-hydrogen) atoms. The largest absolute Gasteiger partial charge is 0.380 e. The average molecular weight is 287 g/mol. The summed E-state index contributed by atoms with van der Waals surface area (Å²) in [7, 11) is 0. The Kier molecular flexibility index (Phi) is 8.77. The van der Waals surface area contributed by atoms with Gasteiger partial charge in [0, 0.05) is 18.9 Å². The molecule has 0 atom stereocenters. The molecule has 1 rings (SSSR count). The average Bonchev–Trinajstić information content (AvgIpc) is 2.81. The van der Waals surface area contributed by atoms with Gasteiger partial charge >= 0.3 is 0 Å². The molecule has 1 aromatic heterocycles. The molecule has 0 spiro atoms. The van der Waals surface area contributed by atoms with Crippen LogP contribution < -0.4 is 5.32 Å². The van der Waals surface area contributed by atoms with Crippen LogP contribution in [0.2, 0.25) is 0 Å². The molecule has 0 bridgehead atoms. The van der Waals surface area contributed by atoms with E-state index in [0.717, 1.165) is 50.2 Å². The zero-order valence-electron chi connectivity index (χ0n) is 12.1. The lowest BCUT2D eigenvalue weighted by molar-refractivity contribution is 0.124. The summed E-state index contributed by atoms with van der Waals surface area (Å²) in [4.78, 5) is 0. The second kappa shape index (κ2) is 10.2. The monoisotopic (exact) mass is 287 g/mol. The molecule has 0 aliphatic carbocycles. The highest BCUT2D eigenvalue weighted by Gasteiger charge is 2.06. The first kappa shape index (κ1) is 16.4. The van der Waals surface area contributed by atoms with Crippen molar-refractivity contribution in [3.63, 3.8) is 0 Å². The van der Waals surface area contributed by atoms with E-state index in [0.29, 0.717) is 5.92 Å². The molecule has 7 heteroatoms. The molecule has 1 N–H and O–H groups in total. The topological polar surface area (TPSA) is 64.9 Å². The standard InChI is InChI=1S/C12H25N5OS/c1-4-5-13-6-7-17-12(14-15-16-17)19-9-8-18-10-11(2)3/h11,13H,4-10H2,1-3H3. The van der Waals surface area contributed by atoms with Gasteiger partial charge in [0.1, 0.15) is 0 Å². The summed E-state index contributed by atoms with van der Waals surface area (Å²) < 4.78 is 7.38. The predicted octanol–water partition coefficient (Wildman–Crippen LogP) is 1.44. The number of nitrogens with one attached hydrogen (secondary N) is 1. The molecule has 0 aliphatic rings. The summed E-state index contributed by atoms with van der Waals surface area (Å²) in [6, 6.07) is 0. The van der Waals surface area contributed by atoms with Gasteiger partial charge in [0.15, 0.2) is 0 Å². The second-order valence-electron chi connectivity index (χ2n) is 4.75. The van der Waals surface area contributed by atoms with Gasteiger partial charge in [-0.05, 0) is 29.3 Å². The Morgan fingerprint density at radius 2 is 2.21 bits per heavy atom. The maximum absolute atomic E-state index is 5.54. The molecule has 0 saturated carbocycles. The van der Waals surface area contributed by atoms with Gasteiger partial charge in [-0.15, -0.1) is 5.10 Å². The summed E-state index contributed by atoms with van der Waals surface area (Å²) >= 11 is 1.64. The van der Waals surface area contributed by atoms with Crippen molar-refractivity contribution in [3.05, 3.63) is 0 Å². The number of hydrogen-bond acceptors (Lipinski definition) is 6. The Balaban J connectivity index is 2.17. The number of nitrogens with zero attached hydrogens (tertiary/aromatic N) is 4. The van der Waals surface area contributed by atoms with E-state index in [4.69, 9.17) is 4.74 Å². The number of hydrogen-bond donors (Lipinski definition) is 1. The minimum absolute atomic E-state index is 0.583. The molecule has 0 aliphatic heterocycles. The fourth-order valence-electron chi connectivity index (χ4n) is 1.44. The minimum Gasteiger partial charge on any atom is -0.380 e. The highest BCUT2D eigenvalue weighted by atomic mass is 32.2. The molecule has 0 unspecified atom stereocenters. The van der Waals surface area contributed by atoms with E-state index in [1.807, 2.05) is 4.68 Å². The summed E-state index contributed by atoms with van der Waals surface area (Å²) in [5.41, 5.74) is 0. The van der Waals surface area contributed by atoms with Gasteiger partial charge < -0.3 is 10.1 Å². The van der Waals surface area contributed by atoms with Gasteiger partial charge in [-0.25, -0.2) is 4.68 Å². The number of aromatic nitrogens is 4. The molecule has 0 saturated heterocycles. The number of thioether (sulfide) groups is 1. The first-order valence-corrected chi connectivity index (χ1v) is 7.90. The van der Waals surface area contributed by atoms with Gasteiger partial charge in [0.05, 0.1) is 13.2 Å². The Morgan fingerprint density at radius 3 is 2.95 bits per heavy atom. The summed E-state index contributed by atoms with van der Waals surface area (Å²) in [6.07, 6.45) is 1.14. The van der Waals surface area contributed by atoms with Crippen LogP contribution in [0.25, 0.3) is 0 Å². The molecule has 1 aromatic rings. The van der Waals surface area contributed by atoms with Crippen molar-refractivity contribution in [3.8, 4) is 0 Å². The lowest BCUT2D eigenvalue weighted by atomic mass is 10.2. The van der Waals surface area contributed by atoms with Crippen molar-refractivity contribution < 1.29 is 4.74 Å². The van der Waals surface area contributed by atoms with Crippen LogP contribution in [0.1, 0.15) is 27.2 Å². The van der Waals surface area contributed by atoms with Crippen molar-refractivity contribution in [2.75, 3.05) is 32.1 Å². The van der Waals surface area contributed by atoms with E-state index in [9.17, 15) is 0 Å². The van der Waals surface area contributed by atoms with Crippen LogP contribution in [0.15, 0.2) is 5.16 Å². The fraction of sp³-hybridized carbons (Fsp3) is 0.917. The highest BCUT2D eigenvalue weighted by Crippen LogP contribution is 2.12. The first-order chi connectivity index (χ1) is 9.24. The molecule has 0 amide bonds. The summed E-state index contributed by atoms with van der Waals surface area (Å²) in [5, 5.41) is 16.0. The van der Waals surface area contributed by atoms with Crippen molar-refractivity contribution in [1.82, 2.24) is 25.5 Å². The lowest BCUT2D eigenvalue weighted by Crippen LogP contribution is -2.21. The van der Waals surface area contributed by atoms with Gasteiger partial charge in [-0.3, -0.25) is 0 Å². The molecule has 0 radical (unpaired) electrons. The second-order valence-corrected chi connectivity index (χ2v) is 5.81. The maximum atomic E-state index is 5.54. The third-order valence-electron chi connectivity index (χ3n) is 2.34. The minimum atomic E-state index is 0.583. The molecule has 0 fully saturated rings. The molecule has 110 valence electrons. The molecular weight excluding hydrogens is 262 g/mol. The Bertz CT molecular complexity index is 332. The van der Waals surface area contributed by atoms with E-state index < -0.39 is 0 Å². The van der Waals surface area contributed by atoms with Crippen LogP contribution in [0, 0.1) is 5.92 Å². The van der Waals surface area contributed by atoms with Gasteiger partial charge in [0.2, 0.25) is 5.16 Å². The normalized spacial score (nSPS) is 11.4. The Morgan fingerprint density at radius 1 is 1.37 bits per heavy atom. The highest BCUT2D eigenvalue weighted by molar-refractivity contribution is 7.99.